The number of nitrogens with zero attached hydrogens (tertiary/aromatic N) is 3. The summed E-state index contributed by atoms with van der Waals surface area (Å²) in [7, 11) is -3.57. The van der Waals surface area contributed by atoms with Crippen LogP contribution in [0.15, 0.2) is 47.6 Å². The predicted octanol–water partition coefficient (Wildman–Crippen LogP) is 5.54. The van der Waals surface area contributed by atoms with E-state index in [4.69, 9.17) is 4.74 Å². The highest BCUT2D eigenvalue weighted by atomic mass is 32.2. The van der Waals surface area contributed by atoms with Gasteiger partial charge in [-0.3, -0.25) is 14.8 Å². The van der Waals surface area contributed by atoms with Crippen LogP contribution in [0, 0.1) is 0 Å². The molecule has 4 heterocycles. The third kappa shape index (κ3) is 7.63. The first-order chi connectivity index (χ1) is 20.0. The topological polar surface area (TPSA) is 101 Å². The van der Waals surface area contributed by atoms with Gasteiger partial charge in [-0.25, -0.2) is 8.42 Å². The molecule has 0 fully saturated rings. The average Bonchev–Trinajstić information content (AvgIpc) is 3.57. The molecule has 0 saturated carbocycles. The largest absolute Gasteiger partial charge is 0.490 e. The molecule has 2 aliphatic rings. The van der Waals surface area contributed by atoms with Gasteiger partial charge in [-0.05, 0) is 65.9 Å². The number of rotatable bonds is 5. The van der Waals surface area contributed by atoms with Gasteiger partial charge in [0.15, 0.2) is 9.84 Å². The number of alkyl halides is 6. The summed E-state index contributed by atoms with van der Waals surface area (Å²) in [6.07, 6.45) is -5.02. The fourth-order valence-electron chi connectivity index (χ4n) is 4.40. The monoisotopic (exact) mass is 630 g/mol. The van der Waals surface area contributed by atoms with Gasteiger partial charge >= 0.3 is 12.4 Å². The quantitative estimate of drug-likeness (QED) is 0.370. The van der Waals surface area contributed by atoms with Crippen molar-refractivity contribution in [3.05, 3.63) is 81.9 Å². The highest BCUT2D eigenvalue weighted by molar-refractivity contribution is 7.90. The Labute approximate surface area is 244 Å². The van der Waals surface area contributed by atoms with Crippen molar-refractivity contribution in [1.29, 1.82) is 0 Å². The molecule has 232 valence electrons. The molecule has 8 nitrogen and oxygen atoms in total. The van der Waals surface area contributed by atoms with Crippen LogP contribution in [0.25, 0.3) is 0 Å². The lowest BCUT2D eigenvalue weighted by molar-refractivity contribution is -0.142. The van der Waals surface area contributed by atoms with E-state index in [0.717, 1.165) is 30.1 Å². The summed E-state index contributed by atoms with van der Waals surface area (Å²) in [6.45, 7) is 4.87. The molecule has 2 aliphatic heterocycles. The summed E-state index contributed by atoms with van der Waals surface area (Å²) < 4.78 is 105. The second kappa shape index (κ2) is 12.1. The number of ether oxygens (including phenoxy) is 1. The summed E-state index contributed by atoms with van der Waals surface area (Å²) in [6, 6.07) is 6.09. The van der Waals surface area contributed by atoms with E-state index in [0.29, 0.717) is 36.2 Å². The zero-order valence-corrected chi connectivity index (χ0v) is 24.1. The zero-order valence-electron chi connectivity index (χ0n) is 23.3. The number of hydrogen-bond donors (Lipinski definition) is 1. The summed E-state index contributed by atoms with van der Waals surface area (Å²) in [5, 5.41) is 2.96. The van der Waals surface area contributed by atoms with E-state index >= 15 is 0 Å². The molecule has 1 N–H and O–H groups in total. The molecular formula is C28H28F6N4O4S. The Morgan fingerprint density at radius 2 is 1.49 bits per heavy atom. The molecule has 0 bridgehead atoms. The lowest BCUT2D eigenvalue weighted by atomic mass is 10.1. The number of pyridine rings is 2. The minimum atomic E-state index is -4.58. The van der Waals surface area contributed by atoms with Crippen molar-refractivity contribution in [3.8, 4) is 5.75 Å². The maximum Gasteiger partial charge on any atom is 0.433 e. The Morgan fingerprint density at radius 3 is 2.07 bits per heavy atom. The zero-order chi connectivity index (χ0) is 31.7. The van der Waals surface area contributed by atoms with Crippen LogP contribution in [0.4, 0.5) is 26.3 Å². The number of halogens is 6. The lowest BCUT2D eigenvalue weighted by Crippen LogP contribution is -2.26. The average molecular weight is 631 g/mol. The van der Waals surface area contributed by atoms with Gasteiger partial charge in [0.05, 0.1) is 16.6 Å². The number of amides is 1. The second-order valence-electron chi connectivity index (χ2n) is 10.2. The van der Waals surface area contributed by atoms with Crippen molar-refractivity contribution in [2.75, 3.05) is 6.26 Å². The molecule has 43 heavy (non-hydrogen) atoms. The number of hydrogen-bond acceptors (Lipinski definition) is 7. The molecular weight excluding hydrogens is 602 g/mol. The van der Waals surface area contributed by atoms with Crippen molar-refractivity contribution in [3.63, 3.8) is 0 Å². The van der Waals surface area contributed by atoms with Crippen LogP contribution in [0.5, 0.6) is 5.75 Å². The van der Waals surface area contributed by atoms with E-state index in [9.17, 15) is 39.6 Å². The van der Waals surface area contributed by atoms with Gasteiger partial charge in [-0.2, -0.15) is 26.3 Å². The van der Waals surface area contributed by atoms with Crippen molar-refractivity contribution in [1.82, 2.24) is 20.2 Å². The first-order valence-corrected chi connectivity index (χ1v) is 15.0. The first-order valence-electron chi connectivity index (χ1n) is 13.1. The molecule has 0 unspecified atom stereocenters. The molecule has 1 amide bonds. The van der Waals surface area contributed by atoms with E-state index in [2.05, 4.69) is 15.3 Å². The Morgan fingerprint density at radius 1 is 0.930 bits per heavy atom. The van der Waals surface area contributed by atoms with Crippen molar-refractivity contribution in [2.24, 2.45) is 0 Å². The van der Waals surface area contributed by atoms with Crippen molar-refractivity contribution in [2.45, 2.75) is 69.8 Å². The summed E-state index contributed by atoms with van der Waals surface area (Å²) in [5.74, 6) is -0.296. The van der Waals surface area contributed by atoms with E-state index < -0.39 is 39.5 Å². The van der Waals surface area contributed by atoms with Crippen LogP contribution in [-0.2, 0) is 48.4 Å². The van der Waals surface area contributed by atoms with Crippen LogP contribution in [0.1, 0.15) is 64.3 Å². The highest BCUT2D eigenvalue weighted by Crippen LogP contribution is 2.34. The molecule has 0 aliphatic carbocycles. The Balaban J connectivity index is 0.000000269. The van der Waals surface area contributed by atoms with Gasteiger partial charge in [0.1, 0.15) is 17.1 Å². The molecule has 0 saturated heterocycles. The fraction of sp³-hybridized carbons (Fsp3) is 0.393. The van der Waals surface area contributed by atoms with Gasteiger partial charge in [-0.1, -0.05) is 6.92 Å². The smallest absolute Gasteiger partial charge is 0.433 e. The van der Waals surface area contributed by atoms with E-state index in [1.807, 2.05) is 13.8 Å². The molecule has 2 aromatic heterocycles. The standard InChI is InChI=1S/C20H21F3N2O4S.C8H7F3N2/c1-4-12(2)29-17-6-5-15(30(3,27)28)8-16(17)19(26)25-10-13-7-18(20(21,22)23)24-9-14(13)11-25;9-8(10,11)7-1-5-2-12-3-6(5)4-13-7/h5-9,12H,4,10-11H2,1-3H3;1,4,12H,2-3H2/t12-;/m1./s1. The summed E-state index contributed by atoms with van der Waals surface area (Å²) >= 11 is 0. The van der Waals surface area contributed by atoms with Crippen molar-refractivity contribution < 1.29 is 44.3 Å². The van der Waals surface area contributed by atoms with Gasteiger partial charge in [-0.15, -0.1) is 0 Å². The number of nitrogens with one attached hydrogen (secondary N) is 1. The minimum absolute atomic E-state index is 0.0361. The summed E-state index contributed by atoms with van der Waals surface area (Å²) in [5.41, 5.74) is 0.644. The predicted molar refractivity (Wildman–Crippen MR) is 143 cm³/mol. The number of carbonyl (C=O) groups excluding carboxylic acids is 1. The van der Waals surface area contributed by atoms with Gasteiger partial charge in [0.25, 0.3) is 5.91 Å². The molecule has 5 rings (SSSR count). The number of fused-ring (bicyclic) bond motifs is 2. The van der Waals surface area contributed by atoms with Gasteiger partial charge in [0, 0.05) is 44.8 Å². The Bertz CT molecular complexity index is 1630. The number of benzene rings is 1. The number of aromatic nitrogens is 2. The lowest BCUT2D eigenvalue weighted by Gasteiger charge is -2.20. The molecule has 3 aromatic rings. The Kier molecular flexibility index (Phi) is 9.07. The molecule has 1 atom stereocenters. The molecule has 1 aromatic carbocycles. The van der Waals surface area contributed by atoms with Crippen molar-refractivity contribution >= 4 is 15.7 Å². The third-order valence-corrected chi connectivity index (χ3v) is 8.01. The maximum atomic E-state index is 13.2. The molecule has 0 radical (unpaired) electrons. The maximum absolute atomic E-state index is 13.2. The highest BCUT2D eigenvalue weighted by Gasteiger charge is 2.36. The molecule has 15 heteroatoms. The van der Waals surface area contributed by atoms with Gasteiger partial charge < -0.3 is 15.0 Å². The first kappa shape index (κ1) is 32.2. The number of sulfone groups is 1. The van der Waals surface area contributed by atoms with E-state index in [1.165, 1.54) is 29.3 Å². The van der Waals surface area contributed by atoms with Crippen LogP contribution in [0.3, 0.4) is 0 Å². The fourth-order valence-corrected chi connectivity index (χ4v) is 5.04. The molecule has 0 spiro atoms. The number of carbonyl (C=O) groups is 1. The van der Waals surface area contributed by atoms with Crippen LogP contribution in [0.2, 0.25) is 0 Å². The Hall–Kier alpha value is -3.72. The second-order valence-corrected chi connectivity index (χ2v) is 12.2. The van der Waals surface area contributed by atoms with E-state index in [-0.39, 0.29) is 35.4 Å². The minimum Gasteiger partial charge on any atom is -0.490 e. The van der Waals surface area contributed by atoms with E-state index in [1.54, 1.807) is 0 Å². The van der Waals surface area contributed by atoms with Crippen LogP contribution in [-0.4, -0.2) is 41.6 Å². The van der Waals surface area contributed by atoms with Crippen LogP contribution < -0.4 is 10.1 Å². The van der Waals surface area contributed by atoms with Crippen LogP contribution >= 0.6 is 0 Å². The third-order valence-electron chi connectivity index (χ3n) is 6.90. The summed E-state index contributed by atoms with van der Waals surface area (Å²) in [4.78, 5) is 21.3. The normalized spacial score (nSPS) is 15.3. The van der Waals surface area contributed by atoms with Gasteiger partial charge in [0.2, 0.25) is 0 Å². The SMILES string of the molecule is CC[C@@H](C)Oc1ccc(S(C)(=O)=O)cc1C(=O)N1Cc2cnc(C(F)(F)F)cc2C1.FC(F)(F)c1cc2c(cn1)CNC2.